The van der Waals surface area contributed by atoms with Crippen LogP contribution in [0.5, 0.6) is 11.8 Å². The van der Waals surface area contributed by atoms with Crippen LogP contribution in [0.1, 0.15) is 22.0 Å². The van der Waals surface area contributed by atoms with Crippen LogP contribution in [-0.2, 0) is 9.47 Å². The fraction of sp³-hybridized carbons (Fsp3) is 0.304. The molecule has 2 aromatic carbocycles. The summed E-state index contributed by atoms with van der Waals surface area (Å²) in [5.74, 6) is 0.406. The molecule has 0 saturated carbocycles. The second-order valence-electron chi connectivity index (χ2n) is 8.45. The van der Waals surface area contributed by atoms with Gasteiger partial charge < -0.3 is 19.5 Å². The van der Waals surface area contributed by atoms with Crippen LogP contribution in [0.15, 0.2) is 61.2 Å². The first-order valence-corrected chi connectivity index (χ1v) is 11.2. The van der Waals surface area contributed by atoms with Gasteiger partial charge in [-0.3, -0.25) is 4.79 Å². The van der Waals surface area contributed by atoms with Gasteiger partial charge >= 0.3 is 6.01 Å². The van der Waals surface area contributed by atoms with Crippen molar-refractivity contribution >= 4 is 5.91 Å². The van der Waals surface area contributed by atoms with Crippen LogP contribution in [0.3, 0.4) is 0 Å². The summed E-state index contributed by atoms with van der Waals surface area (Å²) in [5, 5.41) is 19.1. The van der Waals surface area contributed by atoms with Crippen molar-refractivity contribution in [3.8, 4) is 17.4 Å². The molecule has 0 bridgehead atoms. The fourth-order valence-electron chi connectivity index (χ4n) is 4.34. The first-order valence-electron chi connectivity index (χ1n) is 11.2. The Morgan fingerprint density at radius 2 is 1.86 bits per heavy atom. The third-order valence-corrected chi connectivity index (χ3v) is 6.16. The zero-order valence-corrected chi connectivity index (χ0v) is 18.8. The molecule has 0 radical (unpaired) electrons. The molecular formula is C23H22N8O4. The van der Waals surface area contributed by atoms with Gasteiger partial charge in [0.2, 0.25) is 0 Å². The van der Waals surface area contributed by atoms with Crippen molar-refractivity contribution in [3.05, 3.63) is 72.3 Å². The van der Waals surface area contributed by atoms with Crippen LogP contribution < -0.4 is 10.1 Å². The zero-order chi connectivity index (χ0) is 23.8. The van der Waals surface area contributed by atoms with Crippen LogP contribution in [0.25, 0.3) is 5.69 Å². The van der Waals surface area contributed by atoms with Gasteiger partial charge in [-0.2, -0.15) is 9.78 Å². The molecule has 0 spiro atoms. The number of aromatic nitrogens is 7. The largest absolute Gasteiger partial charge is 0.423 e. The lowest BCUT2D eigenvalue weighted by Crippen LogP contribution is -2.44. The summed E-state index contributed by atoms with van der Waals surface area (Å²) in [6, 6.07) is 14.4. The van der Waals surface area contributed by atoms with Gasteiger partial charge in [-0.25, -0.2) is 9.67 Å². The van der Waals surface area contributed by atoms with E-state index in [9.17, 15) is 4.79 Å². The lowest BCUT2D eigenvalue weighted by molar-refractivity contribution is 0.0606. The van der Waals surface area contributed by atoms with E-state index in [0.29, 0.717) is 24.5 Å². The predicted molar refractivity (Wildman–Crippen MR) is 120 cm³/mol. The summed E-state index contributed by atoms with van der Waals surface area (Å²) >= 11 is 0. The topological polar surface area (TPSA) is 131 Å². The molecule has 12 nitrogen and oxygen atoms in total. The van der Waals surface area contributed by atoms with Crippen molar-refractivity contribution in [2.75, 3.05) is 13.2 Å². The molecule has 35 heavy (non-hydrogen) atoms. The van der Waals surface area contributed by atoms with Crippen molar-refractivity contribution < 1.29 is 19.0 Å². The minimum atomic E-state index is -0.321. The van der Waals surface area contributed by atoms with Gasteiger partial charge in [-0.15, -0.1) is 0 Å². The number of ether oxygens (including phenoxy) is 3. The average molecular weight is 474 g/mol. The number of hydrogen-bond donors (Lipinski definition) is 1. The Kier molecular flexibility index (Phi) is 5.43. The van der Waals surface area contributed by atoms with Crippen molar-refractivity contribution in [3.63, 3.8) is 0 Å². The molecular weight excluding hydrogens is 452 g/mol. The number of carbonyl (C=O) groups is 1. The first kappa shape index (κ1) is 21.4. The molecule has 4 atom stereocenters. The van der Waals surface area contributed by atoms with Crippen LogP contribution in [-0.4, -0.2) is 72.3 Å². The van der Waals surface area contributed by atoms with Crippen LogP contribution >= 0.6 is 0 Å². The zero-order valence-electron chi connectivity index (χ0n) is 18.8. The summed E-state index contributed by atoms with van der Waals surface area (Å²) in [6.07, 6.45) is 2.46. The van der Waals surface area contributed by atoms with E-state index in [4.69, 9.17) is 14.2 Å². The molecule has 4 aromatic rings. The fourth-order valence-corrected chi connectivity index (χ4v) is 4.34. The summed E-state index contributed by atoms with van der Waals surface area (Å²) in [6.45, 7) is 2.65. The second kappa shape index (κ2) is 8.89. The summed E-state index contributed by atoms with van der Waals surface area (Å²) in [7, 11) is 0. The number of fused-ring (bicyclic) bond motifs is 1. The third kappa shape index (κ3) is 4.13. The Hall–Kier alpha value is -4.16. The van der Waals surface area contributed by atoms with Gasteiger partial charge in [-0.1, -0.05) is 22.8 Å². The van der Waals surface area contributed by atoms with E-state index >= 15 is 0 Å². The normalized spacial score (nSPS) is 23.2. The Morgan fingerprint density at radius 3 is 2.63 bits per heavy atom. The lowest BCUT2D eigenvalue weighted by atomic mass is 10.1. The van der Waals surface area contributed by atoms with Crippen molar-refractivity contribution in [2.24, 2.45) is 0 Å². The molecule has 0 aliphatic carbocycles. The summed E-state index contributed by atoms with van der Waals surface area (Å²) < 4.78 is 21.2. The SMILES string of the molecule is Cc1ccc(C(=O)NC2COC3C2OCC3n2nnnc2Oc2ccc(-n3cncn3)cc2)cc1. The van der Waals surface area contributed by atoms with Crippen molar-refractivity contribution in [1.82, 2.24) is 40.3 Å². The molecule has 4 heterocycles. The highest BCUT2D eigenvalue weighted by atomic mass is 16.6. The number of tetrazole rings is 1. The maximum atomic E-state index is 12.7. The van der Waals surface area contributed by atoms with Gasteiger partial charge in [0.1, 0.15) is 36.7 Å². The predicted octanol–water partition coefficient (Wildman–Crippen LogP) is 1.49. The first-order chi connectivity index (χ1) is 17.2. The number of nitrogens with one attached hydrogen (secondary N) is 1. The third-order valence-electron chi connectivity index (χ3n) is 6.16. The molecule has 2 saturated heterocycles. The number of carbonyl (C=O) groups excluding carboxylic acids is 1. The number of nitrogens with zero attached hydrogens (tertiary/aromatic N) is 7. The summed E-state index contributed by atoms with van der Waals surface area (Å²) in [5.41, 5.74) is 2.54. The van der Waals surface area contributed by atoms with E-state index in [1.165, 1.54) is 6.33 Å². The standard InChI is InChI=1S/C23H22N8O4/c1-14-2-4-15(5-3-14)22(32)26-18-10-33-21-19(11-34-20(18)21)31-23(27-28-29-31)35-17-8-6-16(7-9-17)30-13-24-12-25-30/h2-9,12-13,18-21H,10-11H2,1H3,(H,26,32). The molecule has 12 heteroatoms. The van der Waals surface area contributed by atoms with E-state index in [1.807, 2.05) is 31.2 Å². The smallest absolute Gasteiger partial charge is 0.341 e. The van der Waals surface area contributed by atoms with Crippen LogP contribution in [0.4, 0.5) is 0 Å². The molecule has 178 valence electrons. The van der Waals surface area contributed by atoms with Crippen LogP contribution in [0, 0.1) is 6.92 Å². The number of rotatable bonds is 6. The maximum absolute atomic E-state index is 12.7. The Bertz CT molecular complexity index is 1310. The molecule has 1 N–H and O–H groups in total. The maximum Gasteiger partial charge on any atom is 0.341 e. The summed E-state index contributed by atoms with van der Waals surface area (Å²) in [4.78, 5) is 16.6. The van der Waals surface area contributed by atoms with E-state index in [0.717, 1.165) is 11.3 Å². The minimum Gasteiger partial charge on any atom is -0.423 e. The van der Waals surface area contributed by atoms with Gasteiger partial charge in [0.05, 0.1) is 24.9 Å². The Balaban J connectivity index is 1.13. The molecule has 6 rings (SSSR count). The molecule has 2 aromatic heterocycles. The van der Waals surface area contributed by atoms with E-state index < -0.39 is 0 Å². The molecule has 4 unspecified atom stereocenters. The quantitative estimate of drug-likeness (QED) is 0.441. The van der Waals surface area contributed by atoms with Crippen molar-refractivity contribution in [2.45, 2.75) is 31.2 Å². The number of aryl methyl sites for hydroxylation is 1. The van der Waals surface area contributed by atoms with Gasteiger partial charge in [0.25, 0.3) is 5.91 Å². The second-order valence-corrected chi connectivity index (χ2v) is 8.45. The minimum absolute atomic E-state index is 0.160. The van der Waals surface area contributed by atoms with Crippen LogP contribution in [0.2, 0.25) is 0 Å². The van der Waals surface area contributed by atoms with E-state index in [-0.39, 0.29) is 36.2 Å². The van der Waals surface area contributed by atoms with Gasteiger partial charge in [0, 0.05) is 5.56 Å². The highest BCUT2D eigenvalue weighted by Crippen LogP contribution is 2.36. The monoisotopic (exact) mass is 474 g/mol. The Labute approximate surface area is 199 Å². The highest BCUT2D eigenvalue weighted by Gasteiger charge is 2.50. The molecule has 1 amide bonds. The lowest BCUT2D eigenvalue weighted by Gasteiger charge is -2.18. The number of benzene rings is 2. The molecule has 2 aliphatic rings. The van der Waals surface area contributed by atoms with Gasteiger partial charge in [0.15, 0.2) is 0 Å². The molecule has 2 fully saturated rings. The number of hydrogen-bond acceptors (Lipinski definition) is 9. The highest BCUT2D eigenvalue weighted by molar-refractivity contribution is 5.94. The number of amides is 1. The van der Waals surface area contributed by atoms with E-state index in [1.54, 1.807) is 40.0 Å². The molecule has 2 aliphatic heterocycles. The average Bonchev–Trinajstić information content (AvgIpc) is 3.67. The van der Waals surface area contributed by atoms with E-state index in [2.05, 4.69) is 30.9 Å². The van der Waals surface area contributed by atoms with Gasteiger partial charge in [-0.05, 0) is 53.7 Å². The Morgan fingerprint density at radius 1 is 1.06 bits per heavy atom. The van der Waals surface area contributed by atoms with Crippen molar-refractivity contribution in [1.29, 1.82) is 0 Å².